The van der Waals surface area contributed by atoms with Crippen molar-refractivity contribution >= 4 is 16.0 Å². The van der Waals surface area contributed by atoms with Crippen LogP contribution < -0.4 is 9.62 Å². The van der Waals surface area contributed by atoms with Crippen LogP contribution in [-0.4, -0.2) is 57.1 Å². The summed E-state index contributed by atoms with van der Waals surface area (Å²) in [6.45, 7) is 4.05. The zero-order valence-electron chi connectivity index (χ0n) is 13.3. The Kier molecular flexibility index (Phi) is 5.47. The minimum atomic E-state index is -3.45. The summed E-state index contributed by atoms with van der Waals surface area (Å²) >= 11 is 0. The monoisotopic (exact) mass is 340 g/mol. The topological polar surface area (TPSA) is 74.8 Å². The van der Waals surface area contributed by atoms with E-state index in [1.165, 1.54) is 23.6 Å². The fourth-order valence-corrected chi connectivity index (χ4v) is 4.08. The highest BCUT2D eigenvalue weighted by Crippen LogP contribution is 2.18. The van der Waals surface area contributed by atoms with Crippen molar-refractivity contribution in [1.29, 1.82) is 0 Å². The molecule has 3 rings (SSSR count). The summed E-state index contributed by atoms with van der Waals surface area (Å²) in [4.78, 5) is 6.69. The summed E-state index contributed by atoms with van der Waals surface area (Å²) in [5, 5.41) is 0. The molecule has 2 aliphatic heterocycles. The first kappa shape index (κ1) is 16.6. The molecular formula is C15H24N4O3S. The van der Waals surface area contributed by atoms with E-state index in [2.05, 4.69) is 14.6 Å². The lowest BCUT2D eigenvalue weighted by Gasteiger charge is -2.28. The molecule has 7 nitrogen and oxygen atoms in total. The molecule has 0 atom stereocenters. The molecule has 1 aromatic rings. The van der Waals surface area contributed by atoms with E-state index >= 15 is 0 Å². The molecule has 23 heavy (non-hydrogen) atoms. The van der Waals surface area contributed by atoms with E-state index in [4.69, 9.17) is 4.74 Å². The van der Waals surface area contributed by atoms with Gasteiger partial charge in [0.05, 0.1) is 13.2 Å². The molecule has 0 saturated carbocycles. The minimum Gasteiger partial charge on any atom is -0.379 e. The van der Waals surface area contributed by atoms with Gasteiger partial charge in [-0.3, -0.25) is 0 Å². The molecule has 1 aromatic heterocycles. The number of nitrogens with one attached hydrogen (secondary N) is 1. The molecule has 3 heterocycles. The van der Waals surface area contributed by atoms with Crippen molar-refractivity contribution in [3.63, 3.8) is 0 Å². The maximum Gasteiger partial charge on any atom is 0.279 e. The third-order valence-electron chi connectivity index (χ3n) is 4.26. The minimum absolute atomic E-state index is 0.281. The predicted molar refractivity (Wildman–Crippen MR) is 88.5 cm³/mol. The summed E-state index contributed by atoms with van der Waals surface area (Å²) in [6.07, 6.45) is 5.41. The standard InChI is InChI=1S/C15H24N4O3S/c20-23(21,19-8-10-22-11-9-19)17-13-14-4-5-16-15(12-14)18-6-2-1-3-7-18/h4-5,12,17H,1-3,6-11,13H2. The van der Waals surface area contributed by atoms with Gasteiger partial charge in [-0.25, -0.2) is 4.98 Å². The van der Waals surface area contributed by atoms with Gasteiger partial charge in [0.25, 0.3) is 10.2 Å². The zero-order valence-corrected chi connectivity index (χ0v) is 14.1. The van der Waals surface area contributed by atoms with Gasteiger partial charge in [-0.1, -0.05) is 0 Å². The predicted octanol–water partition coefficient (Wildman–Crippen LogP) is 0.738. The number of hydrogen-bond donors (Lipinski definition) is 1. The van der Waals surface area contributed by atoms with Crippen molar-refractivity contribution in [1.82, 2.24) is 14.0 Å². The Morgan fingerprint density at radius 2 is 1.87 bits per heavy atom. The fourth-order valence-electron chi connectivity index (χ4n) is 2.92. The molecule has 2 aliphatic rings. The van der Waals surface area contributed by atoms with E-state index in [0.717, 1.165) is 24.5 Å². The summed E-state index contributed by atoms with van der Waals surface area (Å²) < 4.78 is 33.9. The Bertz CT molecular complexity index is 611. The average molecular weight is 340 g/mol. The number of piperidine rings is 1. The fraction of sp³-hybridized carbons (Fsp3) is 0.667. The van der Waals surface area contributed by atoms with Crippen LogP contribution in [0.5, 0.6) is 0 Å². The molecule has 1 N–H and O–H groups in total. The van der Waals surface area contributed by atoms with Crippen molar-refractivity contribution in [2.24, 2.45) is 0 Å². The van der Waals surface area contributed by atoms with Crippen LogP contribution >= 0.6 is 0 Å². The van der Waals surface area contributed by atoms with Crippen molar-refractivity contribution in [3.05, 3.63) is 23.9 Å². The number of morpholine rings is 1. The SMILES string of the molecule is O=S(=O)(NCc1ccnc(N2CCCCC2)c1)N1CCOCC1. The van der Waals surface area contributed by atoms with Gasteiger partial charge in [-0.15, -0.1) is 0 Å². The van der Waals surface area contributed by atoms with Gasteiger partial charge in [0.15, 0.2) is 0 Å². The van der Waals surface area contributed by atoms with Crippen LogP contribution in [0.3, 0.4) is 0 Å². The molecule has 0 radical (unpaired) electrons. The van der Waals surface area contributed by atoms with Gasteiger partial charge in [-0.2, -0.15) is 17.4 Å². The van der Waals surface area contributed by atoms with E-state index in [-0.39, 0.29) is 6.54 Å². The smallest absolute Gasteiger partial charge is 0.279 e. The average Bonchev–Trinajstić information content (AvgIpc) is 2.62. The van der Waals surface area contributed by atoms with Gasteiger partial charge in [-0.05, 0) is 37.0 Å². The lowest BCUT2D eigenvalue weighted by Crippen LogP contribution is -2.46. The molecule has 0 unspecified atom stereocenters. The molecule has 0 spiro atoms. The Hall–Kier alpha value is -1.22. The Morgan fingerprint density at radius 1 is 1.13 bits per heavy atom. The second-order valence-electron chi connectivity index (χ2n) is 5.91. The van der Waals surface area contributed by atoms with Crippen LogP contribution in [0.2, 0.25) is 0 Å². The largest absolute Gasteiger partial charge is 0.379 e. The van der Waals surface area contributed by atoms with Gasteiger partial charge >= 0.3 is 0 Å². The highest BCUT2D eigenvalue weighted by Gasteiger charge is 2.23. The number of aromatic nitrogens is 1. The molecule has 2 fully saturated rings. The van der Waals surface area contributed by atoms with Gasteiger partial charge in [0.1, 0.15) is 5.82 Å². The van der Waals surface area contributed by atoms with Crippen LogP contribution in [-0.2, 0) is 21.5 Å². The Balaban J connectivity index is 1.61. The molecule has 0 amide bonds. The molecule has 2 saturated heterocycles. The second-order valence-corrected chi connectivity index (χ2v) is 7.66. The quantitative estimate of drug-likeness (QED) is 0.856. The van der Waals surface area contributed by atoms with Crippen LogP contribution in [0.25, 0.3) is 0 Å². The number of rotatable bonds is 5. The van der Waals surface area contributed by atoms with E-state index in [1.807, 2.05) is 12.1 Å². The first-order chi connectivity index (χ1) is 11.1. The number of anilines is 1. The third-order valence-corrected chi connectivity index (χ3v) is 5.81. The summed E-state index contributed by atoms with van der Waals surface area (Å²) in [5.41, 5.74) is 0.928. The number of pyridine rings is 1. The molecule has 0 aliphatic carbocycles. The molecule has 8 heteroatoms. The van der Waals surface area contributed by atoms with Crippen molar-refractivity contribution in [2.45, 2.75) is 25.8 Å². The lowest BCUT2D eigenvalue weighted by atomic mass is 10.1. The van der Waals surface area contributed by atoms with E-state index < -0.39 is 10.2 Å². The Labute approximate surface area is 137 Å². The molecule has 0 aromatic carbocycles. The van der Waals surface area contributed by atoms with E-state index in [9.17, 15) is 8.42 Å². The number of hydrogen-bond acceptors (Lipinski definition) is 5. The van der Waals surface area contributed by atoms with Gasteiger partial charge in [0, 0.05) is 38.9 Å². The van der Waals surface area contributed by atoms with Crippen LogP contribution in [0.1, 0.15) is 24.8 Å². The molecule has 128 valence electrons. The summed E-state index contributed by atoms with van der Waals surface area (Å²) in [7, 11) is -3.45. The molecular weight excluding hydrogens is 316 g/mol. The van der Waals surface area contributed by atoms with Crippen molar-refractivity contribution in [3.8, 4) is 0 Å². The first-order valence-corrected chi connectivity index (χ1v) is 9.61. The number of ether oxygens (including phenoxy) is 1. The normalized spacial score (nSPS) is 20.6. The summed E-state index contributed by atoms with van der Waals surface area (Å²) in [6, 6.07) is 3.84. The summed E-state index contributed by atoms with van der Waals surface area (Å²) in [5.74, 6) is 0.938. The second kappa shape index (κ2) is 7.57. The van der Waals surface area contributed by atoms with Crippen LogP contribution in [0.4, 0.5) is 5.82 Å². The Morgan fingerprint density at radius 3 is 2.61 bits per heavy atom. The van der Waals surface area contributed by atoms with Gasteiger partial charge < -0.3 is 9.64 Å². The lowest BCUT2D eigenvalue weighted by molar-refractivity contribution is 0.0725. The van der Waals surface area contributed by atoms with Crippen LogP contribution in [0, 0.1) is 0 Å². The van der Waals surface area contributed by atoms with Gasteiger partial charge in [0.2, 0.25) is 0 Å². The molecule has 0 bridgehead atoms. The number of nitrogens with zero attached hydrogens (tertiary/aromatic N) is 3. The highest BCUT2D eigenvalue weighted by atomic mass is 32.2. The maximum atomic E-state index is 12.3. The van der Waals surface area contributed by atoms with Crippen LogP contribution in [0.15, 0.2) is 18.3 Å². The van der Waals surface area contributed by atoms with E-state index in [0.29, 0.717) is 26.3 Å². The first-order valence-electron chi connectivity index (χ1n) is 8.17. The van der Waals surface area contributed by atoms with E-state index in [1.54, 1.807) is 6.20 Å². The third kappa shape index (κ3) is 4.41. The zero-order chi connectivity index (χ0) is 16.1. The highest BCUT2D eigenvalue weighted by molar-refractivity contribution is 7.87. The van der Waals surface area contributed by atoms with Crippen molar-refractivity contribution in [2.75, 3.05) is 44.3 Å². The van der Waals surface area contributed by atoms with Crippen molar-refractivity contribution < 1.29 is 13.2 Å². The maximum absolute atomic E-state index is 12.3.